The number of benzene rings is 2. The summed E-state index contributed by atoms with van der Waals surface area (Å²) in [5.74, 6) is 1.06. The first-order chi connectivity index (χ1) is 13.2. The normalized spacial score (nSPS) is 16.8. The van der Waals surface area contributed by atoms with Crippen molar-refractivity contribution in [3.05, 3.63) is 59.2 Å². The molecule has 28 heavy (non-hydrogen) atoms. The summed E-state index contributed by atoms with van der Waals surface area (Å²) < 4.78 is 5.21. The molecule has 1 N–H and O–H groups in total. The second-order valence-electron chi connectivity index (χ2n) is 7.36. The van der Waals surface area contributed by atoms with Gasteiger partial charge in [-0.15, -0.1) is 12.4 Å². The van der Waals surface area contributed by atoms with E-state index in [0.29, 0.717) is 13.1 Å². The molecular formula is C22H28ClN3O2. The van der Waals surface area contributed by atoms with Crippen LogP contribution in [0.15, 0.2) is 42.5 Å². The number of nitrogens with zero attached hydrogens (tertiary/aromatic N) is 2. The van der Waals surface area contributed by atoms with E-state index in [4.69, 9.17) is 4.74 Å². The molecule has 5 nitrogen and oxygen atoms in total. The number of nitrogens with one attached hydrogen (secondary N) is 1. The average molecular weight is 402 g/mol. The molecule has 0 bridgehead atoms. The number of carbonyl (C=O) groups is 1. The SMILES string of the molecule is COc1ccc(CN2CCCN(Cc3cccc4c3NCC4)CC2=O)cc1.Cl. The Morgan fingerprint density at radius 1 is 1.07 bits per heavy atom. The van der Waals surface area contributed by atoms with Crippen molar-refractivity contribution in [1.82, 2.24) is 9.80 Å². The molecule has 1 amide bonds. The number of fused-ring (bicyclic) bond motifs is 1. The van der Waals surface area contributed by atoms with Crippen LogP contribution in [-0.2, 0) is 24.3 Å². The van der Waals surface area contributed by atoms with E-state index in [9.17, 15) is 4.79 Å². The van der Waals surface area contributed by atoms with Crippen molar-refractivity contribution in [1.29, 1.82) is 0 Å². The van der Waals surface area contributed by atoms with Gasteiger partial charge in [0.2, 0.25) is 5.91 Å². The fourth-order valence-corrected chi connectivity index (χ4v) is 4.02. The number of methoxy groups -OCH3 is 1. The van der Waals surface area contributed by atoms with Crippen molar-refractivity contribution in [2.24, 2.45) is 0 Å². The van der Waals surface area contributed by atoms with E-state index in [2.05, 4.69) is 28.4 Å². The smallest absolute Gasteiger partial charge is 0.237 e. The molecule has 0 aromatic heterocycles. The standard InChI is InChI=1S/C22H27N3O2.ClH/c1-27-20-8-6-17(7-9-20)14-25-13-3-12-24(16-21(25)26)15-19-5-2-4-18-10-11-23-22(18)19;/h2,4-9,23H,3,10-16H2,1H3;1H. The number of para-hydroxylation sites is 1. The summed E-state index contributed by atoms with van der Waals surface area (Å²) in [6.07, 6.45) is 2.10. The molecule has 2 heterocycles. The molecule has 0 aliphatic carbocycles. The molecule has 1 saturated heterocycles. The molecule has 0 atom stereocenters. The zero-order chi connectivity index (χ0) is 18.6. The number of hydrogen-bond acceptors (Lipinski definition) is 4. The van der Waals surface area contributed by atoms with Crippen LogP contribution in [0.2, 0.25) is 0 Å². The second kappa shape index (κ2) is 9.30. The predicted octanol–water partition coefficient (Wildman–Crippen LogP) is 3.32. The molecule has 0 radical (unpaired) electrons. The van der Waals surface area contributed by atoms with Crippen LogP contribution in [0.25, 0.3) is 0 Å². The third kappa shape index (κ3) is 4.59. The highest BCUT2D eigenvalue weighted by Crippen LogP contribution is 2.27. The van der Waals surface area contributed by atoms with Gasteiger partial charge in [-0.2, -0.15) is 0 Å². The van der Waals surface area contributed by atoms with Gasteiger partial charge < -0.3 is 15.0 Å². The number of anilines is 1. The van der Waals surface area contributed by atoms with Gasteiger partial charge >= 0.3 is 0 Å². The maximum atomic E-state index is 12.8. The Hall–Kier alpha value is -2.24. The van der Waals surface area contributed by atoms with E-state index in [-0.39, 0.29) is 18.3 Å². The summed E-state index contributed by atoms with van der Waals surface area (Å²) in [5.41, 5.74) is 5.13. The minimum atomic E-state index is 0. The van der Waals surface area contributed by atoms with Crippen molar-refractivity contribution in [3.63, 3.8) is 0 Å². The molecule has 2 aliphatic rings. The highest BCUT2D eigenvalue weighted by molar-refractivity contribution is 5.85. The van der Waals surface area contributed by atoms with Gasteiger partial charge in [0.25, 0.3) is 0 Å². The monoisotopic (exact) mass is 401 g/mol. The molecule has 2 aromatic rings. The Labute approximate surface area is 173 Å². The van der Waals surface area contributed by atoms with Crippen molar-refractivity contribution in [3.8, 4) is 5.75 Å². The first kappa shape index (κ1) is 20.5. The van der Waals surface area contributed by atoms with Gasteiger partial charge in [0.05, 0.1) is 13.7 Å². The van der Waals surface area contributed by atoms with Crippen molar-refractivity contribution in [2.75, 3.05) is 38.6 Å². The average Bonchev–Trinajstić information content (AvgIpc) is 3.10. The lowest BCUT2D eigenvalue weighted by Gasteiger charge is -2.22. The molecule has 0 saturated carbocycles. The molecule has 0 spiro atoms. The third-order valence-corrected chi connectivity index (χ3v) is 5.47. The van der Waals surface area contributed by atoms with Crippen molar-refractivity contribution < 1.29 is 9.53 Å². The van der Waals surface area contributed by atoms with Crippen LogP contribution in [0, 0.1) is 0 Å². The largest absolute Gasteiger partial charge is 0.497 e. The molecular weight excluding hydrogens is 374 g/mol. The van der Waals surface area contributed by atoms with Gasteiger partial charge in [-0.05, 0) is 41.7 Å². The van der Waals surface area contributed by atoms with Crippen LogP contribution in [0.5, 0.6) is 5.75 Å². The number of amides is 1. The lowest BCUT2D eigenvalue weighted by Crippen LogP contribution is -2.36. The van der Waals surface area contributed by atoms with E-state index in [0.717, 1.165) is 50.3 Å². The predicted molar refractivity (Wildman–Crippen MR) is 114 cm³/mol. The Kier molecular flexibility index (Phi) is 6.81. The Morgan fingerprint density at radius 2 is 1.89 bits per heavy atom. The van der Waals surface area contributed by atoms with Crippen LogP contribution < -0.4 is 10.1 Å². The zero-order valence-electron chi connectivity index (χ0n) is 16.3. The number of hydrogen-bond donors (Lipinski definition) is 1. The van der Waals surface area contributed by atoms with Crippen molar-refractivity contribution in [2.45, 2.75) is 25.9 Å². The van der Waals surface area contributed by atoms with Crippen LogP contribution in [-0.4, -0.2) is 49.0 Å². The molecule has 1 fully saturated rings. The molecule has 6 heteroatoms. The highest BCUT2D eigenvalue weighted by Gasteiger charge is 2.23. The lowest BCUT2D eigenvalue weighted by molar-refractivity contribution is -0.131. The summed E-state index contributed by atoms with van der Waals surface area (Å²) in [4.78, 5) is 17.1. The van der Waals surface area contributed by atoms with Gasteiger partial charge in [0.1, 0.15) is 5.75 Å². The first-order valence-corrected chi connectivity index (χ1v) is 9.70. The number of carbonyl (C=O) groups excluding carboxylic acids is 1. The van der Waals surface area contributed by atoms with E-state index in [1.807, 2.05) is 29.2 Å². The summed E-state index contributed by atoms with van der Waals surface area (Å²) in [6.45, 7) is 4.76. The zero-order valence-corrected chi connectivity index (χ0v) is 17.1. The van der Waals surface area contributed by atoms with E-state index >= 15 is 0 Å². The summed E-state index contributed by atoms with van der Waals surface area (Å²) in [7, 11) is 1.67. The lowest BCUT2D eigenvalue weighted by atomic mass is 10.1. The van der Waals surface area contributed by atoms with Gasteiger partial charge in [-0.1, -0.05) is 30.3 Å². The maximum Gasteiger partial charge on any atom is 0.237 e. The van der Waals surface area contributed by atoms with Gasteiger partial charge in [-0.3, -0.25) is 9.69 Å². The number of halogens is 1. The molecule has 0 unspecified atom stereocenters. The summed E-state index contributed by atoms with van der Waals surface area (Å²) in [5, 5.41) is 3.50. The van der Waals surface area contributed by atoms with E-state index in [1.54, 1.807) is 7.11 Å². The highest BCUT2D eigenvalue weighted by atomic mass is 35.5. The number of ether oxygens (including phenoxy) is 1. The van der Waals surface area contributed by atoms with Crippen LogP contribution in [0.1, 0.15) is 23.1 Å². The first-order valence-electron chi connectivity index (χ1n) is 9.70. The molecule has 2 aromatic carbocycles. The number of rotatable bonds is 5. The van der Waals surface area contributed by atoms with E-state index in [1.165, 1.54) is 16.8 Å². The van der Waals surface area contributed by atoms with Crippen LogP contribution >= 0.6 is 12.4 Å². The fourth-order valence-electron chi connectivity index (χ4n) is 4.02. The quantitative estimate of drug-likeness (QED) is 0.834. The van der Waals surface area contributed by atoms with Crippen LogP contribution in [0.4, 0.5) is 5.69 Å². The van der Waals surface area contributed by atoms with Crippen LogP contribution in [0.3, 0.4) is 0 Å². The summed E-state index contributed by atoms with van der Waals surface area (Å²) >= 11 is 0. The van der Waals surface area contributed by atoms with Gasteiger partial charge in [0.15, 0.2) is 0 Å². The minimum Gasteiger partial charge on any atom is -0.497 e. The molecule has 4 rings (SSSR count). The maximum absolute atomic E-state index is 12.8. The second-order valence-corrected chi connectivity index (χ2v) is 7.36. The Balaban J connectivity index is 0.00000225. The Bertz CT molecular complexity index is 810. The fraction of sp³-hybridized carbons (Fsp3) is 0.409. The minimum absolute atomic E-state index is 0. The molecule has 2 aliphatic heterocycles. The summed E-state index contributed by atoms with van der Waals surface area (Å²) in [6, 6.07) is 14.5. The van der Waals surface area contributed by atoms with Gasteiger partial charge in [-0.25, -0.2) is 0 Å². The van der Waals surface area contributed by atoms with Gasteiger partial charge in [0, 0.05) is 38.4 Å². The molecule has 150 valence electrons. The topological polar surface area (TPSA) is 44.8 Å². The van der Waals surface area contributed by atoms with Crippen molar-refractivity contribution >= 4 is 24.0 Å². The third-order valence-electron chi connectivity index (χ3n) is 5.47. The Morgan fingerprint density at radius 3 is 2.68 bits per heavy atom. The van der Waals surface area contributed by atoms with E-state index < -0.39 is 0 Å².